The maximum absolute atomic E-state index is 9.91. The van der Waals surface area contributed by atoms with Crippen LogP contribution in [0.5, 0.6) is 0 Å². The zero-order valence-electron chi connectivity index (χ0n) is 26.1. The van der Waals surface area contributed by atoms with E-state index in [-0.39, 0.29) is 0 Å². The van der Waals surface area contributed by atoms with Crippen LogP contribution in [0.1, 0.15) is 50.7 Å². The summed E-state index contributed by atoms with van der Waals surface area (Å²) >= 11 is 2.57. The van der Waals surface area contributed by atoms with Crippen LogP contribution < -0.4 is 0 Å². The predicted molar refractivity (Wildman–Crippen MR) is 152 cm³/mol. The molecule has 26 heteroatoms. The standard InChI is InChI=1S/C12H26O25S.C12H18/c13-2(14,1(38,10(29,30)31)11(32,33)34)3(15,16)4(17,18)5(19,20)6(21,22)7(23,24)8(25,26)9(27,28)12(35,36)37;1-9(2)11-5-7-12(8-6-11)10(3)4/h13-38H;5-10H,1-4H3. The van der Waals surface area contributed by atoms with Gasteiger partial charge in [-0.2, -0.15) is 12.6 Å². The van der Waals surface area contributed by atoms with Crippen LogP contribution in [0.15, 0.2) is 24.3 Å². The molecule has 0 fully saturated rings. The van der Waals surface area contributed by atoms with Crippen molar-refractivity contribution in [3.8, 4) is 0 Å². The Bertz CT molecular complexity index is 1240. The van der Waals surface area contributed by atoms with Gasteiger partial charge in [0.15, 0.2) is 0 Å². The van der Waals surface area contributed by atoms with Gasteiger partial charge in [-0.1, -0.05) is 52.0 Å². The van der Waals surface area contributed by atoms with E-state index < -0.39 is 69.0 Å². The highest BCUT2D eigenvalue weighted by Crippen LogP contribution is 2.52. The van der Waals surface area contributed by atoms with Crippen molar-refractivity contribution in [1.82, 2.24) is 0 Å². The van der Waals surface area contributed by atoms with Gasteiger partial charge in [-0.05, 0) is 23.0 Å². The zero-order valence-corrected chi connectivity index (χ0v) is 27.0. The Balaban J connectivity index is 0.00000167. The first-order valence-corrected chi connectivity index (χ1v) is 13.7. The van der Waals surface area contributed by atoms with Gasteiger partial charge in [0, 0.05) is 0 Å². The molecule has 0 aliphatic rings. The van der Waals surface area contributed by atoms with Gasteiger partial charge in [-0.15, -0.1) is 0 Å². The number of hydrogen-bond acceptors (Lipinski definition) is 26. The lowest BCUT2D eigenvalue weighted by atomic mass is 9.74. The van der Waals surface area contributed by atoms with Crippen LogP contribution in [-0.4, -0.2) is 197 Å². The molecule has 0 unspecified atom stereocenters. The Hall–Kier alpha value is -1.43. The third-order valence-corrected chi connectivity index (χ3v) is 8.53. The van der Waals surface area contributed by atoms with Crippen molar-refractivity contribution in [1.29, 1.82) is 0 Å². The Morgan fingerprint density at radius 3 is 0.660 bits per heavy atom. The van der Waals surface area contributed by atoms with E-state index in [4.69, 9.17) is 46.0 Å². The third kappa shape index (κ3) is 7.24. The maximum Gasteiger partial charge on any atom is 0.338 e. The Labute approximate surface area is 284 Å². The highest BCUT2D eigenvalue weighted by Gasteiger charge is 2.89. The fraction of sp³-hybridized carbons (Fsp3) is 0.750. The lowest BCUT2D eigenvalue weighted by Crippen LogP contribution is -2.92. The summed E-state index contributed by atoms with van der Waals surface area (Å²) in [5.74, 6) is -64.1. The van der Waals surface area contributed by atoms with Crippen molar-refractivity contribution in [2.24, 2.45) is 0 Å². The van der Waals surface area contributed by atoms with E-state index in [1.807, 2.05) is 0 Å². The SMILES string of the molecule is CC(C)c1ccc(C(C)C)cc1.OC(O)(O)C(O)(O)C(O)(O)C(O)(O)C(O)(O)C(O)(O)C(O)(O)C(O)(O)C(O)(O)C(S)(C(O)(O)O)C(O)(O)O. The van der Waals surface area contributed by atoms with Crippen LogP contribution in [0, 0.1) is 0 Å². The van der Waals surface area contributed by atoms with Gasteiger partial charge in [0.25, 0.3) is 40.5 Å². The van der Waals surface area contributed by atoms with Crippen molar-refractivity contribution in [3.63, 3.8) is 0 Å². The minimum atomic E-state index is -6.37. The number of thiol groups is 1. The summed E-state index contributed by atoms with van der Waals surface area (Å²) in [5.41, 5.74) is 2.86. The maximum atomic E-state index is 9.91. The highest BCUT2D eigenvalue weighted by molar-refractivity contribution is 7.82. The molecule has 25 nitrogen and oxygen atoms in total. The van der Waals surface area contributed by atoms with E-state index in [1.54, 1.807) is 0 Å². The second-order valence-corrected chi connectivity index (χ2v) is 12.6. The van der Waals surface area contributed by atoms with E-state index in [1.165, 1.54) is 11.1 Å². The molecular weight excluding hydrogens is 720 g/mol. The van der Waals surface area contributed by atoms with Gasteiger partial charge in [0.1, 0.15) is 0 Å². The highest BCUT2D eigenvalue weighted by atomic mass is 32.1. The molecule has 0 aliphatic heterocycles. The third-order valence-electron chi connectivity index (χ3n) is 7.62. The van der Waals surface area contributed by atoms with Crippen molar-refractivity contribution in [2.75, 3.05) is 0 Å². The number of benzene rings is 1. The predicted octanol–water partition coefficient (Wildman–Crippen LogP) is -12.1. The zero-order chi connectivity index (χ0) is 41.1. The van der Waals surface area contributed by atoms with Crippen LogP contribution in [0.25, 0.3) is 0 Å². The topological polar surface area (TPSA) is 506 Å². The van der Waals surface area contributed by atoms with Gasteiger partial charge in [0.05, 0.1) is 0 Å². The summed E-state index contributed by atoms with van der Waals surface area (Å²) in [4.78, 5) is 0. The van der Waals surface area contributed by atoms with Crippen molar-refractivity contribution in [3.05, 3.63) is 35.4 Å². The average Bonchev–Trinajstić information content (AvgIpc) is 2.90. The lowest BCUT2D eigenvalue weighted by Gasteiger charge is -2.58. The first-order valence-electron chi connectivity index (χ1n) is 13.3. The summed E-state index contributed by atoms with van der Waals surface area (Å²) in [6, 6.07) is 8.94. The molecule has 50 heavy (non-hydrogen) atoms. The lowest BCUT2D eigenvalue weighted by molar-refractivity contribution is -0.608. The molecule has 0 atom stereocenters. The molecule has 0 radical (unpaired) electrons. The van der Waals surface area contributed by atoms with E-state index in [0.717, 1.165) is 0 Å². The molecule has 0 saturated heterocycles. The second-order valence-electron chi connectivity index (χ2n) is 12.0. The van der Waals surface area contributed by atoms with Crippen molar-refractivity contribution in [2.45, 2.75) is 108 Å². The van der Waals surface area contributed by atoms with E-state index >= 15 is 0 Å². The molecule has 0 amide bonds. The molecule has 0 saturated carbocycles. The van der Waals surface area contributed by atoms with Gasteiger partial charge in [-0.25, -0.2) is 0 Å². The van der Waals surface area contributed by atoms with Gasteiger partial charge in [0.2, 0.25) is 4.75 Å². The fourth-order valence-corrected chi connectivity index (χ4v) is 4.06. The Morgan fingerprint density at radius 2 is 0.500 bits per heavy atom. The van der Waals surface area contributed by atoms with E-state index in [2.05, 4.69) is 64.6 Å². The van der Waals surface area contributed by atoms with E-state index in [9.17, 15) is 81.7 Å². The summed E-state index contributed by atoms with van der Waals surface area (Å²) in [7, 11) is 0. The normalized spacial score (nSPS) is 15.8. The van der Waals surface area contributed by atoms with Crippen LogP contribution in [0.4, 0.5) is 0 Å². The second kappa shape index (κ2) is 13.8. The molecular formula is C24H44O25S. The average molecular weight is 765 g/mol. The molecule has 25 N–H and O–H groups in total. The molecule has 1 aromatic carbocycles. The molecule has 0 aromatic heterocycles. The van der Waals surface area contributed by atoms with Gasteiger partial charge >= 0.3 is 23.7 Å². The van der Waals surface area contributed by atoms with Gasteiger partial charge < -0.3 is 128 Å². The smallest absolute Gasteiger partial charge is 0.338 e. The first kappa shape index (κ1) is 48.6. The van der Waals surface area contributed by atoms with Crippen LogP contribution >= 0.6 is 12.6 Å². The summed E-state index contributed by atoms with van der Waals surface area (Å²) in [5, 5.41) is 236. The first-order chi connectivity index (χ1) is 21.4. The molecule has 0 spiro atoms. The summed E-state index contributed by atoms with van der Waals surface area (Å²) in [6.45, 7) is 8.91. The van der Waals surface area contributed by atoms with Crippen LogP contribution in [-0.2, 0) is 0 Å². The molecule has 0 bridgehead atoms. The van der Waals surface area contributed by atoms with Crippen molar-refractivity contribution >= 4 is 12.6 Å². The van der Waals surface area contributed by atoms with E-state index in [0.29, 0.717) is 11.8 Å². The Morgan fingerprint density at radius 1 is 0.320 bits per heavy atom. The van der Waals surface area contributed by atoms with Crippen LogP contribution in [0.3, 0.4) is 0 Å². The largest absolute Gasteiger partial charge is 0.360 e. The number of rotatable bonds is 13. The molecule has 0 aliphatic carbocycles. The molecule has 1 aromatic rings. The van der Waals surface area contributed by atoms with Crippen LogP contribution in [0.2, 0.25) is 0 Å². The fourth-order valence-electron chi connectivity index (χ4n) is 3.90. The number of hydrogen-bond donors (Lipinski definition) is 26. The Kier molecular flexibility index (Phi) is 13.4. The minimum absolute atomic E-state index is 0.645. The molecule has 1 rings (SSSR count). The van der Waals surface area contributed by atoms with Crippen molar-refractivity contribution < 1.29 is 128 Å². The molecule has 296 valence electrons. The minimum Gasteiger partial charge on any atom is -0.360 e. The summed E-state index contributed by atoms with van der Waals surface area (Å²) < 4.78 is -5.38. The summed E-state index contributed by atoms with van der Waals surface area (Å²) in [6.07, 6.45) is 0. The monoisotopic (exact) mass is 764 g/mol. The number of aliphatic hydroxyl groups is 25. The van der Waals surface area contributed by atoms with Gasteiger partial charge in [-0.3, -0.25) is 0 Å². The molecule has 0 heterocycles. The quantitative estimate of drug-likeness (QED) is 0.0655.